The fourth-order valence-corrected chi connectivity index (χ4v) is 4.88. The second-order valence-electron chi connectivity index (χ2n) is 5.58. The van der Waals surface area contributed by atoms with Crippen molar-refractivity contribution in [2.75, 3.05) is 0 Å². The van der Waals surface area contributed by atoms with Gasteiger partial charge in [0.25, 0.3) is 0 Å². The van der Waals surface area contributed by atoms with Gasteiger partial charge in [-0.25, -0.2) is 0 Å². The minimum absolute atomic E-state index is 0.144. The zero-order valence-corrected chi connectivity index (χ0v) is 13.7. The van der Waals surface area contributed by atoms with E-state index in [1.807, 2.05) is 0 Å². The van der Waals surface area contributed by atoms with E-state index in [-0.39, 0.29) is 5.92 Å². The molecule has 1 aromatic heterocycles. The number of carbonyl (C=O) groups is 1. The number of carboxylic acid groups (broad SMARTS) is 1. The summed E-state index contributed by atoms with van der Waals surface area (Å²) in [5.41, 5.74) is 0. The number of carboxylic acids is 1. The third-order valence-electron chi connectivity index (χ3n) is 4.20. The Kier molecular flexibility index (Phi) is 5.46. The summed E-state index contributed by atoms with van der Waals surface area (Å²) in [4.78, 5) is 12.7. The van der Waals surface area contributed by atoms with Crippen LogP contribution in [0, 0.1) is 17.8 Å². The Labute approximate surface area is 127 Å². The largest absolute Gasteiger partial charge is 0.481 e. The van der Waals surface area contributed by atoms with Crippen molar-refractivity contribution in [3.05, 3.63) is 20.8 Å². The predicted molar refractivity (Wildman–Crippen MR) is 82.6 cm³/mol. The van der Waals surface area contributed by atoms with Crippen LogP contribution in [0.1, 0.15) is 43.9 Å². The second kappa shape index (κ2) is 6.89. The maximum absolute atomic E-state index is 11.4. The first-order valence-electron chi connectivity index (χ1n) is 7.07. The lowest BCUT2D eigenvalue weighted by Crippen LogP contribution is -2.31. The van der Waals surface area contributed by atoms with E-state index < -0.39 is 5.97 Å². The molecule has 0 saturated heterocycles. The Morgan fingerprint density at radius 3 is 2.84 bits per heavy atom. The van der Waals surface area contributed by atoms with Crippen molar-refractivity contribution < 1.29 is 9.90 Å². The lowest BCUT2D eigenvalue weighted by molar-refractivity contribution is -0.145. The minimum Gasteiger partial charge on any atom is -0.481 e. The molecule has 1 aliphatic carbocycles. The minimum atomic E-state index is -0.601. The lowest BCUT2D eigenvalue weighted by Gasteiger charge is -2.33. The molecule has 3 atom stereocenters. The Bertz CT molecular complexity index is 430. The predicted octanol–water partition coefficient (Wildman–Crippen LogP) is 4.97. The molecule has 0 amide bonds. The normalized spacial score (nSPS) is 27.4. The van der Waals surface area contributed by atoms with E-state index in [4.69, 9.17) is 0 Å². The molecule has 106 valence electrons. The zero-order valence-electron chi connectivity index (χ0n) is 11.3. The van der Waals surface area contributed by atoms with Crippen LogP contribution in [0.5, 0.6) is 0 Å². The van der Waals surface area contributed by atoms with Crippen molar-refractivity contribution >= 4 is 33.2 Å². The van der Waals surface area contributed by atoms with Crippen LogP contribution in [0.15, 0.2) is 15.9 Å². The molecule has 0 bridgehead atoms. The first-order chi connectivity index (χ1) is 9.10. The molecule has 0 spiro atoms. The van der Waals surface area contributed by atoms with Gasteiger partial charge in [-0.15, -0.1) is 11.3 Å². The highest BCUT2D eigenvalue weighted by molar-refractivity contribution is 9.11. The average Bonchev–Trinajstić information content (AvgIpc) is 2.75. The van der Waals surface area contributed by atoms with Gasteiger partial charge in [0.1, 0.15) is 0 Å². The molecule has 2 rings (SSSR count). The van der Waals surface area contributed by atoms with Crippen molar-refractivity contribution in [2.45, 2.75) is 45.4 Å². The lowest BCUT2D eigenvalue weighted by atomic mass is 9.71. The molecular formula is C15H21BrO2S. The van der Waals surface area contributed by atoms with Crippen molar-refractivity contribution in [3.63, 3.8) is 0 Å². The van der Waals surface area contributed by atoms with E-state index in [1.54, 1.807) is 11.3 Å². The van der Waals surface area contributed by atoms with Gasteiger partial charge in [-0.3, -0.25) is 4.79 Å². The van der Waals surface area contributed by atoms with Gasteiger partial charge in [0.2, 0.25) is 0 Å². The number of aliphatic carboxylic acids is 1. The van der Waals surface area contributed by atoms with Gasteiger partial charge >= 0.3 is 5.97 Å². The van der Waals surface area contributed by atoms with E-state index in [1.165, 1.54) is 17.7 Å². The van der Waals surface area contributed by atoms with Crippen molar-refractivity contribution in [3.8, 4) is 0 Å². The van der Waals surface area contributed by atoms with Gasteiger partial charge in [-0.05, 0) is 65.6 Å². The number of thiophene rings is 1. The van der Waals surface area contributed by atoms with Crippen molar-refractivity contribution in [1.29, 1.82) is 0 Å². The molecule has 1 N–H and O–H groups in total. The molecule has 0 aliphatic heterocycles. The maximum Gasteiger partial charge on any atom is 0.306 e. The van der Waals surface area contributed by atoms with Gasteiger partial charge < -0.3 is 5.11 Å². The van der Waals surface area contributed by atoms with Gasteiger partial charge in [0.05, 0.1) is 9.70 Å². The van der Waals surface area contributed by atoms with E-state index in [2.05, 4.69) is 35.0 Å². The Balaban J connectivity index is 2.04. The highest BCUT2D eigenvalue weighted by atomic mass is 79.9. The molecule has 0 radical (unpaired) electrons. The molecule has 1 fully saturated rings. The average molecular weight is 345 g/mol. The van der Waals surface area contributed by atoms with Crippen molar-refractivity contribution in [2.24, 2.45) is 17.8 Å². The van der Waals surface area contributed by atoms with Gasteiger partial charge in [0.15, 0.2) is 0 Å². The summed E-state index contributed by atoms with van der Waals surface area (Å²) in [6, 6.07) is 4.18. The van der Waals surface area contributed by atoms with Crippen LogP contribution in [-0.4, -0.2) is 11.1 Å². The number of halogens is 1. The SMILES string of the molecule is CCCC1CCC(C(=O)O)C(Cc2ccc(Br)s2)C1. The van der Waals surface area contributed by atoms with Crippen LogP contribution in [0.25, 0.3) is 0 Å². The quantitative estimate of drug-likeness (QED) is 0.818. The summed E-state index contributed by atoms with van der Waals surface area (Å²) in [5, 5.41) is 9.40. The molecule has 1 aliphatic rings. The summed E-state index contributed by atoms with van der Waals surface area (Å²) < 4.78 is 1.13. The summed E-state index contributed by atoms with van der Waals surface area (Å²) in [5.74, 6) is 0.298. The Morgan fingerprint density at radius 2 is 2.26 bits per heavy atom. The molecule has 0 aromatic carbocycles. The highest BCUT2D eigenvalue weighted by Crippen LogP contribution is 2.39. The fraction of sp³-hybridized carbons (Fsp3) is 0.667. The zero-order chi connectivity index (χ0) is 13.8. The third-order valence-corrected chi connectivity index (χ3v) is 5.84. The maximum atomic E-state index is 11.4. The first-order valence-corrected chi connectivity index (χ1v) is 8.68. The molecule has 1 heterocycles. The number of hydrogen-bond acceptors (Lipinski definition) is 2. The summed E-state index contributed by atoms with van der Waals surface area (Å²) >= 11 is 5.21. The molecule has 3 unspecified atom stereocenters. The van der Waals surface area contributed by atoms with E-state index in [0.29, 0.717) is 5.92 Å². The van der Waals surface area contributed by atoms with Crippen LogP contribution < -0.4 is 0 Å². The second-order valence-corrected chi connectivity index (χ2v) is 8.13. The van der Waals surface area contributed by atoms with Crippen LogP contribution in [-0.2, 0) is 11.2 Å². The molecular weight excluding hydrogens is 324 g/mol. The number of hydrogen-bond donors (Lipinski definition) is 1. The summed E-state index contributed by atoms with van der Waals surface area (Å²) in [6.07, 6.45) is 6.41. The molecule has 1 aromatic rings. The Hall–Kier alpha value is -0.350. The fourth-order valence-electron chi connectivity index (χ4n) is 3.30. The first kappa shape index (κ1) is 15.0. The summed E-state index contributed by atoms with van der Waals surface area (Å²) in [7, 11) is 0. The van der Waals surface area contributed by atoms with Crippen LogP contribution in [0.3, 0.4) is 0 Å². The van der Waals surface area contributed by atoms with E-state index in [0.717, 1.165) is 35.4 Å². The van der Waals surface area contributed by atoms with Crippen molar-refractivity contribution in [1.82, 2.24) is 0 Å². The van der Waals surface area contributed by atoms with Crippen LogP contribution in [0.2, 0.25) is 0 Å². The van der Waals surface area contributed by atoms with Crippen LogP contribution in [0.4, 0.5) is 0 Å². The van der Waals surface area contributed by atoms with Gasteiger partial charge in [0, 0.05) is 4.88 Å². The van der Waals surface area contributed by atoms with E-state index >= 15 is 0 Å². The molecule has 19 heavy (non-hydrogen) atoms. The summed E-state index contributed by atoms with van der Waals surface area (Å²) in [6.45, 7) is 2.22. The van der Waals surface area contributed by atoms with E-state index in [9.17, 15) is 9.90 Å². The molecule has 2 nitrogen and oxygen atoms in total. The third kappa shape index (κ3) is 4.06. The number of rotatable bonds is 5. The molecule has 1 saturated carbocycles. The van der Waals surface area contributed by atoms with Gasteiger partial charge in [-0.2, -0.15) is 0 Å². The van der Waals surface area contributed by atoms with Gasteiger partial charge in [-0.1, -0.05) is 19.8 Å². The van der Waals surface area contributed by atoms with Crippen LogP contribution >= 0.6 is 27.3 Å². The Morgan fingerprint density at radius 1 is 1.47 bits per heavy atom. The standard InChI is InChI=1S/C15H21BrO2S/c1-2-3-10-4-6-13(15(17)18)11(8-10)9-12-5-7-14(16)19-12/h5,7,10-11,13H,2-4,6,8-9H2,1H3,(H,17,18). The smallest absolute Gasteiger partial charge is 0.306 e. The topological polar surface area (TPSA) is 37.3 Å². The molecule has 4 heteroatoms. The monoisotopic (exact) mass is 344 g/mol. The highest BCUT2D eigenvalue weighted by Gasteiger charge is 2.34.